The minimum absolute atomic E-state index is 0.0128. The van der Waals surface area contributed by atoms with E-state index < -0.39 is 0 Å². The topological polar surface area (TPSA) is 20.3 Å². The highest BCUT2D eigenvalue weighted by Gasteiger charge is 2.31. The van der Waals surface area contributed by atoms with Crippen LogP contribution in [0.5, 0.6) is 0 Å². The van der Waals surface area contributed by atoms with Gasteiger partial charge in [0.05, 0.1) is 11.4 Å². The van der Waals surface area contributed by atoms with Crippen LogP contribution in [0.1, 0.15) is 22.3 Å². The summed E-state index contributed by atoms with van der Waals surface area (Å²) in [7, 11) is 0. The summed E-state index contributed by atoms with van der Waals surface area (Å²) in [6.45, 7) is 4.62. The molecule has 1 fully saturated rings. The number of hydrogen-bond acceptors (Lipinski definition) is 3. The van der Waals surface area contributed by atoms with Crippen LogP contribution in [0.3, 0.4) is 0 Å². The second-order valence-electron chi connectivity index (χ2n) is 5.66. The molecule has 0 spiro atoms. The first-order valence-corrected chi connectivity index (χ1v) is 8.63. The summed E-state index contributed by atoms with van der Waals surface area (Å²) in [6.07, 6.45) is 1.91. The predicted molar refractivity (Wildman–Crippen MR) is 101 cm³/mol. The lowest BCUT2D eigenvalue weighted by Gasteiger charge is -2.14. The molecule has 3 rings (SSSR count). The van der Waals surface area contributed by atoms with Crippen molar-refractivity contribution in [2.24, 2.45) is 0 Å². The zero-order valence-corrected chi connectivity index (χ0v) is 14.7. The summed E-state index contributed by atoms with van der Waals surface area (Å²) in [5.41, 5.74) is 4.52. The Morgan fingerprint density at radius 2 is 1.57 bits per heavy atom. The van der Waals surface area contributed by atoms with E-state index in [1.54, 1.807) is 4.90 Å². The van der Waals surface area contributed by atoms with E-state index in [1.165, 1.54) is 22.9 Å². The third-order valence-electron chi connectivity index (χ3n) is 3.71. The Bertz CT molecular complexity index is 776. The molecule has 0 aliphatic carbocycles. The van der Waals surface area contributed by atoms with E-state index in [0.29, 0.717) is 15.8 Å². The number of thioether (sulfide) groups is 1. The standard InChI is InChI=1S/C19H17NOS2/c1-13-3-7-15(8-4-13)11-17-18(21)20(19(22)23-17)12-16-9-5-14(2)6-10-16/h3-11H,12H2,1-2H3/b17-11-. The maximum atomic E-state index is 12.6. The minimum Gasteiger partial charge on any atom is -0.288 e. The minimum atomic E-state index is -0.0128. The molecule has 0 bridgehead atoms. The summed E-state index contributed by atoms with van der Waals surface area (Å²) in [6, 6.07) is 16.3. The van der Waals surface area contributed by atoms with Gasteiger partial charge in [0.2, 0.25) is 0 Å². The van der Waals surface area contributed by atoms with Crippen molar-refractivity contribution in [2.45, 2.75) is 20.4 Å². The van der Waals surface area contributed by atoms with Gasteiger partial charge in [-0.15, -0.1) is 0 Å². The SMILES string of the molecule is Cc1ccc(/C=C2\SC(=S)N(Cc3ccc(C)cc3)C2=O)cc1. The molecule has 116 valence electrons. The number of amides is 1. The molecule has 2 nitrogen and oxygen atoms in total. The Morgan fingerprint density at radius 3 is 2.17 bits per heavy atom. The lowest BCUT2D eigenvalue weighted by Crippen LogP contribution is -2.27. The van der Waals surface area contributed by atoms with Crippen LogP contribution in [0.25, 0.3) is 6.08 Å². The van der Waals surface area contributed by atoms with Crippen LogP contribution >= 0.6 is 24.0 Å². The molecule has 1 heterocycles. The van der Waals surface area contributed by atoms with Crippen molar-refractivity contribution in [3.05, 3.63) is 75.7 Å². The number of rotatable bonds is 3. The largest absolute Gasteiger partial charge is 0.288 e. The van der Waals surface area contributed by atoms with Gasteiger partial charge in [0.25, 0.3) is 5.91 Å². The van der Waals surface area contributed by atoms with Crippen molar-refractivity contribution in [1.29, 1.82) is 0 Å². The molecule has 23 heavy (non-hydrogen) atoms. The molecule has 1 saturated heterocycles. The normalized spacial score (nSPS) is 16.4. The van der Waals surface area contributed by atoms with Crippen LogP contribution in [-0.2, 0) is 11.3 Å². The first kappa shape index (κ1) is 16.0. The van der Waals surface area contributed by atoms with Gasteiger partial charge < -0.3 is 0 Å². The van der Waals surface area contributed by atoms with E-state index in [2.05, 4.69) is 12.1 Å². The van der Waals surface area contributed by atoms with Crippen LogP contribution < -0.4 is 0 Å². The summed E-state index contributed by atoms with van der Waals surface area (Å²) < 4.78 is 0.619. The maximum Gasteiger partial charge on any atom is 0.266 e. The molecule has 0 atom stereocenters. The van der Waals surface area contributed by atoms with E-state index in [0.717, 1.165) is 11.1 Å². The Balaban J connectivity index is 1.79. The van der Waals surface area contributed by atoms with Crippen molar-refractivity contribution in [3.8, 4) is 0 Å². The molecule has 0 unspecified atom stereocenters. The fourth-order valence-electron chi connectivity index (χ4n) is 2.33. The van der Waals surface area contributed by atoms with Gasteiger partial charge in [-0.3, -0.25) is 9.69 Å². The molecule has 1 aliphatic rings. The van der Waals surface area contributed by atoms with Gasteiger partial charge in [0, 0.05) is 0 Å². The number of nitrogens with zero attached hydrogens (tertiary/aromatic N) is 1. The van der Waals surface area contributed by atoms with Crippen molar-refractivity contribution in [3.63, 3.8) is 0 Å². The summed E-state index contributed by atoms with van der Waals surface area (Å²) >= 11 is 6.76. The molecular weight excluding hydrogens is 322 g/mol. The molecule has 1 amide bonds. The highest BCUT2D eigenvalue weighted by Crippen LogP contribution is 2.33. The quantitative estimate of drug-likeness (QED) is 0.597. The molecule has 0 N–H and O–H groups in total. The van der Waals surface area contributed by atoms with Gasteiger partial charge in [-0.1, -0.05) is 83.6 Å². The molecule has 4 heteroatoms. The van der Waals surface area contributed by atoms with Crippen LogP contribution in [0.4, 0.5) is 0 Å². The molecule has 0 aromatic heterocycles. The van der Waals surface area contributed by atoms with Gasteiger partial charge >= 0.3 is 0 Å². The van der Waals surface area contributed by atoms with Crippen molar-refractivity contribution in [2.75, 3.05) is 0 Å². The molecule has 0 radical (unpaired) electrons. The zero-order chi connectivity index (χ0) is 16.4. The number of aryl methyl sites for hydroxylation is 2. The average Bonchev–Trinajstić information content (AvgIpc) is 2.79. The number of carbonyl (C=O) groups excluding carboxylic acids is 1. The van der Waals surface area contributed by atoms with Gasteiger partial charge in [-0.25, -0.2) is 0 Å². The van der Waals surface area contributed by atoms with Crippen LogP contribution in [-0.4, -0.2) is 15.1 Å². The van der Waals surface area contributed by atoms with E-state index in [9.17, 15) is 4.79 Å². The van der Waals surface area contributed by atoms with Crippen molar-refractivity contribution in [1.82, 2.24) is 4.90 Å². The Hall–Kier alpha value is -1.91. The molecule has 1 aliphatic heterocycles. The van der Waals surface area contributed by atoms with Gasteiger partial charge in [0.1, 0.15) is 4.32 Å². The summed E-state index contributed by atoms with van der Waals surface area (Å²) in [4.78, 5) is 15.0. The van der Waals surface area contributed by atoms with E-state index in [-0.39, 0.29) is 5.91 Å². The Kier molecular flexibility index (Phi) is 4.64. The third kappa shape index (κ3) is 3.71. The third-order valence-corrected chi connectivity index (χ3v) is 5.09. The molecular formula is C19H17NOS2. The Morgan fingerprint density at radius 1 is 1.00 bits per heavy atom. The van der Waals surface area contributed by atoms with Crippen molar-refractivity contribution < 1.29 is 4.79 Å². The van der Waals surface area contributed by atoms with Gasteiger partial charge in [-0.05, 0) is 31.1 Å². The fourth-order valence-corrected chi connectivity index (χ4v) is 3.58. The summed E-state index contributed by atoms with van der Waals surface area (Å²) in [5.74, 6) is -0.0128. The predicted octanol–water partition coefficient (Wildman–Crippen LogP) is 4.70. The second-order valence-corrected chi connectivity index (χ2v) is 7.34. The fraction of sp³-hybridized carbons (Fsp3) is 0.158. The van der Waals surface area contributed by atoms with Gasteiger partial charge in [-0.2, -0.15) is 0 Å². The van der Waals surface area contributed by atoms with Gasteiger partial charge in [0.15, 0.2) is 0 Å². The van der Waals surface area contributed by atoms with Crippen LogP contribution in [0.15, 0.2) is 53.4 Å². The zero-order valence-electron chi connectivity index (χ0n) is 13.1. The molecule has 2 aromatic carbocycles. The average molecular weight is 339 g/mol. The maximum absolute atomic E-state index is 12.6. The van der Waals surface area contributed by atoms with E-state index in [4.69, 9.17) is 12.2 Å². The lowest BCUT2D eigenvalue weighted by atomic mass is 10.1. The van der Waals surface area contributed by atoms with Crippen LogP contribution in [0, 0.1) is 13.8 Å². The molecule has 0 saturated carbocycles. The Labute approximate surface area is 146 Å². The smallest absolute Gasteiger partial charge is 0.266 e. The van der Waals surface area contributed by atoms with Crippen LogP contribution in [0.2, 0.25) is 0 Å². The lowest BCUT2D eigenvalue weighted by molar-refractivity contribution is -0.122. The summed E-state index contributed by atoms with van der Waals surface area (Å²) in [5, 5.41) is 0. The second kappa shape index (κ2) is 6.69. The monoisotopic (exact) mass is 339 g/mol. The number of carbonyl (C=O) groups is 1. The highest BCUT2D eigenvalue weighted by molar-refractivity contribution is 8.26. The van der Waals surface area contributed by atoms with E-state index >= 15 is 0 Å². The van der Waals surface area contributed by atoms with Crippen molar-refractivity contribution >= 4 is 40.3 Å². The highest BCUT2D eigenvalue weighted by atomic mass is 32.2. The first-order valence-electron chi connectivity index (χ1n) is 7.40. The van der Waals surface area contributed by atoms with E-state index in [1.807, 2.05) is 56.3 Å². The first-order chi connectivity index (χ1) is 11.0. The molecule has 2 aromatic rings. The number of hydrogen-bond donors (Lipinski definition) is 0. The number of benzene rings is 2. The number of thiocarbonyl (C=S) groups is 1.